The van der Waals surface area contributed by atoms with E-state index in [2.05, 4.69) is 112 Å². The third kappa shape index (κ3) is 5.82. The van der Waals surface area contributed by atoms with Crippen LogP contribution in [-0.2, 0) is 13.0 Å². The Labute approximate surface area is 274 Å². The van der Waals surface area contributed by atoms with E-state index in [0.717, 1.165) is 62.7 Å². The molecule has 1 N–H and O–H groups in total. The van der Waals surface area contributed by atoms with Crippen molar-refractivity contribution in [2.45, 2.75) is 51.0 Å². The number of piperazine rings is 1. The number of hydrogen-bond acceptors (Lipinski definition) is 4. The van der Waals surface area contributed by atoms with Gasteiger partial charge in [-0.3, -0.25) is 9.69 Å². The molecular weight excluding hydrogens is 564 g/mol. The summed E-state index contributed by atoms with van der Waals surface area (Å²) in [7, 11) is 0. The van der Waals surface area contributed by atoms with Gasteiger partial charge in [-0.25, -0.2) is 0 Å². The van der Waals surface area contributed by atoms with Gasteiger partial charge in [0.1, 0.15) is 0 Å². The van der Waals surface area contributed by atoms with Crippen LogP contribution in [0.25, 0.3) is 0 Å². The number of hydrogen-bond donors (Lipinski definition) is 1. The normalized spacial score (nSPS) is 22.0. The molecule has 5 heteroatoms. The molecule has 4 aromatic carbocycles. The molecule has 3 aliphatic heterocycles. The minimum Gasteiger partial charge on any atom is -0.372 e. The average Bonchev–Trinajstić information content (AvgIpc) is 3.48. The van der Waals surface area contributed by atoms with Crippen LogP contribution in [0.5, 0.6) is 0 Å². The number of amides is 1. The molecule has 1 amide bonds. The molecule has 2 fully saturated rings. The van der Waals surface area contributed by atoms with Crippen LogP contribution in [0.15, 0.2) is 91.0 Å². The van der Waals surface area contributed by atoms with Gasteiger partial charge < -0.3 is 15.1 Å². The lowest BCUT2D eigenvalue weighted by Crippen LogP contribution is -2.49. The molecule has 0 radical (unpaired) electrons. The monoisotopic (exact) mass is 610 g/mol. The molecule has 0 saturated carbocycles. The summed E-state index contributed by atoms with van der Waals surface area (Å²) >= 11 is 0. The maximum Gasteiger partial charge on any atom is 0.251 e. The van der Waals surface area contributed by atoms with Crippen LogP contribution < -0.4 is 15.1 Å². The predicted octanol–water partition coefficient (Wildman–Crippen LogP) is 7.14. The molecule has 5 nitrogen and oxygen atoms in total. The molecule has 1 aliphatic carbocycles. The molecule has 0 bridgehead atoms. The third-order valence-electron chi connectivity index (χ3n) is 11.2. The van der Waals surface area contributed by atoms with E-state index in [1.54, 1.807) is 0 Å². The van der Waals surface area contributed by atoms with Crippen LogP contribution in [0.3, 0.4) is 0 Å². The van der Waals surface area contributed by atoms with E-state index in [1.807, 2.05) is 6.07 Å². The Morgan fingerprint density at radius 3 is 2.22 bits per heavy atom. The zero-order valence-electron chi connectivity index (χ0n) is 27.1. The highest BCUT2D eigenvalue weighted by Crippen LogP contribution is 2.46. The van der Waals surface area contributed by atoms with Crippen molar-refractivity contribution in [3.05, 3.63) is 130 Å². The van der Waals surface area contributed by atoms with Crippen molar-refractivity contribution in [2.75, 3.05) is 55.6 Å². The van der Waals surface area contributed by atoms with E-state index in [0.29, 0.717) is 18.4 Å². The second-order valence-electron chi connectivity index (χ2n) is 14.1. The van der Waals surface area contributed by atoms with Crippen LogP contribution in [0.1, 0.15) is 74.8 Å². The number of carbonyl (C=O) groups excluding carboxylic acids is 1. The van der Waals surface area contributed by atoms with Gasteiger partial charge in [0.15, 0.2) is 0 Å². The fraction of sp³-hybridized carbons (Fsp3) is 0.390. The molecule has 0 spiro atoms. The zero-order chi connectivity index (χ0) is 31.0. The first kappa shape index (κ1) is 29.3. The van der Waals surface area contributed by atoms with Gasteiger partial charge in [-0.2, -0.15) is 0 Å². The van der Waals surface area contributed by atoms with Gasteiger partial charge in [0, 0.05) is 75.2 Å². The number of nitrogens with zero attached hydrogens (tertiary/aromatic N) is 3. The van der Waals surface area contributed by atoms with Gasteiger partial charge in [0.2, 0.25) is 0 Å². The Morgan fingerprint density at radius 2 is 1.43 bits per heavy atom. The first-order chi connectivity index (χ1) is 22.6. The maximum absolute atomic E-state index is 11.9. The van der Waals surface area contributed by atoms with Crippen molar-refractivity contribution in [1.29, 1.82) is 0 Å². The van der Waals surface area contributed by atoms with Gasteiger partial charge in [-0.05, 0) is 103 Å². The SMILES string of the molecule is Cc1ccc2c(c1)CCC(c1ccccc1)C2c1ccc(N2CCC(CN3CCN(c4ccc5c(c4)CNC5=O)CC3)CC2)cc1. The first-order valence-electron chi connectivity index (χ1n) is 17.5. The van der Waals surface area contributed by atoms with Crippen molar-refractivity contribution in [1.82, 2.24) is 10.2 Å². The number of benzene rings is 4. The van der Waals surface area contributed by atoms with Gasteiger partial charge in [0.25, 0.3) is 5.91 Å². The minimum atomic E-state index is 0.0621. The highest BCUT2D eigenvalue weighted by Gasteiger charge is 2.32. The van der Waals surface area contributed by atoms with Gasteiger partial charge in [-0.1, -0.05) is 66.2 Å². The Morgan fingerprint density at radius 1 is 0.696 bits per heavy atom. The van der Waals surface area contributed by atoms with Crippen molar-refractivity contribution < 1.29 is 4.79 Å². The molecule has 0 aromatic heterocycles. The summed E-state index contributed by atoms with van der Waals surface area (Å²) in [4.78, 5) is 19.7. The van der Waals surface area contributed by atoms with Gasteiger partial charge in [-0.15, -0.1) is 0 Å². The largest absolute Gasteiger partial charge is 0.372 e. The molecular formula is C41H46N4O. The summed E-state index contributed by atoms with van der Waals surface area (Å²) in [6.07, 6.45) is 4.88. The number of carbonyl (C=O) groups is 1. The van der Waals surface area contributed by atoms with Gasteiger partial charge >= 0.3 is 0 Å². The van der Waals surface area contributed by atoms with E-state index in [-0.39, 0.29) is 5.91 Å². The quantitative estimate of drug-likeness (QED) is 0.252. The number of aryl methyl sites for hydroxylation is 2. The van der Waals surface area contributed by atoms with E-state index in [9.17, 15) is 4.79 Å². The molecule has 3 heterocycles. The van der Waals surface area contributed by atoms with Crippen LogP contribution >= 0.6 is 0 Å². The highest BCUT2D eigenvalue weighted by atomic mass is 16.1. The summed E-state index contributed by atoms with van der Waals surface area (Å²) in [6.45, 7) is 10.7. The number of fused-ring (bicyclic) bond motifs is 2. The van der Waals surface area contributed by atoms with Crippen LogP contribution in [0, 0.1) is 12.8 Å². The lowest BCUT2D eigenvalue weighted by Gasteiger charge is -2.40. The zero-order valence-corrected chi connectivity index (χ0v) is 27.1. The maximum atomic E-state index is 11.9. The highest BCUT2D eigenvalue weighted by molar-refractivity contribution is 5.98. The van der Waals surface area contributed by atoms with E-state index >= 15 is 0 Å². The average molecular weight is 611 g/mol. The lowest BCUT2D eigenvalue weighted by atomic mass is 9.69. The van der Waals surface area contributed by atoms with Crippen molar-refractivity contribution in [3.8, 4) is 0 Å². The second-order valence-corrected chi connectivity index (χ2v) is 14.1. The Balaban J connectivity index is 0.877. The van der Waals surface area contributed by atoms with Crippen molar-refractivity contribution in [2.24, 2.45) is 5.92 Å². The van der Waals surface area contributed by atoms with Gasteiger partial charge in [0.05, 0.1) is 0 Å². The Bertz CT molecular complexity index is 1680. The topological polar surface area (TPSA) is 38.8 Å². The van der Waals surface area contributed by atoms with E-state index in [1.165, 1.54) is 65.0 Å². The standard InChI is InChI=1S/C41H46N4O/c1-29-7-14-38-33(25-29)10-15-37(31-5-3-2-4-6-31)40(38)32-8-11-35(12-9-32)44-19-17-30(18-20-44)28-43-21-23-45(24-22-43)36-13-16-39-34(26-36)27-42-41(39)46/h2-9,11-14,16,25-26,30,37,40H,10,15,17-24,27-28H2,1H3,(H,42,46). The van der Waals surface area contributed by atoms with Crippen LogP contribution in [0.4, 0.5) is 11.4 Å². The molecule has 46 heavy (non-hydrogen) atoms. The van der Waals surface area contributed by atoms with E-state index in [4.69, 9.17) is 0 Å². The van der Waals surface area contributed by atoms with Crippen LogP contribution in [0.2, 0.25) is 0 Å². The Hall–Kier alpha value is -4.09. The molecule has 4 aromatic rings. The van der Waals surface area contributed by atoms with Crippen molar-refractivity contribution in [3.63, 3.8) is 0 Å². The smallest absolute Gasteiger partial charge is 0.251 e. The number of nitrogens with one attached hydrogen (secondary N) is 1. The van der Waals surface area contributed by atoms with E-state index < -0.39 is 0 Å². The second kappa shape index (κ2) is 12.6. The molecule has 2 atom stereocenters. The molecule has 236 valence electrons. The number of anilines is 2. The molecule has 2 saturated heterocycles. The minimum absolute atomic E-state index is 0.0621. The number of rotatable bonds is 6. The molecule has 4 aliphatic rings. The first-order valence-corrected chi connectivity index (χ1v) is 17.5. The molecule has 8 rings (SSSR count). The summed E-state index contributed by atoms with van der Waals surface area (Å²) in [5.41, 5.74) is 11.9. The molecule has 2 unspecified atom stereocenters. The van der Waals surface area contributed by atoms with Crippen molar-refractivity contribution >= 4 is 17.3 Å². The third-order valence-corrected chi connectivity index (χ3v) is 11.2. The lowest BCUT2D eigenvalue weighted by molar-refractivity contribution is 0.0965. The number of piperidine rings is 1. The summed E-state index contributed by atoms with van der Waals surface area (Å²) in [5, 5.41) is 2.94. The fourth-order valence-electron chi connectivity index (χ4n) is 8.66. The summed E-state index contributed by atoms with van der Waals surface area (Å²) in [5.74, 6) is 1.74. The predicted molar refractivity (Wildman–Crippen MR) is 188 cm³/mol. The van der Waals surface area contributed by atoms with Crippen LogP contribution in [-0.4, -0.2) is 56.6 Å². The fourth-order valence-corrected chi connectivity index (χ4v) is 8.66. The summed E-state index contributed by atoms with van der Waals surface area (Å²) in [6, 6.07) is 34.3. The summed E-state index contributed by atoms with van der Waals surface area (Å²) < 4.78 is 0. The Kier molecular flexibility index (Phi) is 8.03.